The van der Waals surface area contributed by atoms with Crippen LogP contribution in [0.25, 0.3) is 44.5 Å². The van der Waals surface area contributed by atoms with Crippen molar-refractivity contribution in [2.24, 2.45) is 11.8 Å². The van der Waals surface area contributed by atoms with Gasteiger partial charge in [0, 0.05) is 13.1 Å². The predicted molar refractivity (Wildman–Crippen MR) is 253 cm³/mol. The number of ether oxygens (including phenoxy) is 2. The Labute approximate surface area is 387 Å². The summed E-state index contributed by atoms with van der Waals surface area (Å²) >= 11 is 0. The van der Waals surface area contributed by atoms with Crippen molar-refractivity contribution in [1.82, 2.24) is 40.4 Å². The summed E-state index contributed by atoms with van der Waals surface area (Å²) in [5, 5.41) is 5.53. The number of hydrogen-bond acceptors (Lipinski definition) is 8. The van der Waals surface area contributed by atoms with E-state index in [1.54, 1.807) is 0 Å². The molecule has 0 bridgehead atoms. The van der Waals surface area contributed by atoms with Crippen molar-refractivity contribution in [3.63, 3.8) is 0 Å². The standard InChI is InChI=1S/C52H64N8O6/c1-7-31(4)45(58-51(64)66-6)49(62)60-27-11-13-42(60)47-54-38-21-18-34(28-39(38)55-47)35-19-20-36(43-37(35)22-25-52(43)23-8-9-24-52)32-14-16-33(17-15-32)40-29-53-46(56-40)41-12-10-26-59(41)48(61)44(30(2)3)57-50(63)65-5/h14-21,28-31,41-42,44-45H,7-13,22-27H2,1-6H3,(H,53,56)(H,54,55)(H,57,63)(H,58,64). The number of aromatic amines is 2. The topological polar surface area (TPSA) is 175 Å². The van der Waals surface area contributed by atoms with Crippen LogP contribution in [0.15, 0.2) is 60.8 Å². The number of rotatable bonds is 12. The summed E-state index contributed by atoms with van der Waals surface area (Å²) in [7, 11) is 2.62. The number of nitrogens with zero attached hydrogens (tertiary/aromatic N) is 4. The predicted octanol–water partition coefficient (Wildman–Crippen LogP) is 9.52. The highest BCUT2D eigenvalue weighted by atomic mass is 16.5. The van der Waals surface area contributed by atoms with Crippen LogP contribution < -0.4 is 10.6 Å². The fourth-order valence-electron chi connectivity index (χ4n) is 11.5. The lowest BCUT2D eigenvalue weighted by Crippen LogP contribution is -2.51. The van der Waals surface area contributed by atoms with Crippen molar-refractivity contribution in [2.75, 3.05) is 27.3 Å². The molecule has 3 aromatic carbocycles. The summed E-state index contributed by atoms with van der Waals surface area (Å²) in [6, 6.07) is 18.2. The van der Waals surface area contributed by atoms with Gasteiger partial charge in [-0.2, -0.15) is 0 Å². The van der Waals surface area contributed by atoms with Crippen LogP contribution in [0.3, 0.4) is 0 Å². The molecular weight excluding hydrogens is 833 g/mol. The Kier molecular flexibility index (Phi) is 12.7. The second-order valence-corrected chi connectivity index (χ2v) is 19.4. The van der Waals surface area contributed by atoms with Gasteiger partial charge in [-0.15, -0.1) is 0 Å². The molecule has 14 nitrogen and oxygen atoms in total. The van der Waals surface area contributed by atoms with E-state index in [-0.39, 0.29) is 41.1 Å². The number of carbonyl (C=O) groups excluding carboxylic acids is 4. The molecule has 2 aliphatic heterocycles. The fourth-order valence-corrected chi connectivity index (χ4v) is 11.5. The van der Waals surface area contributed by atoms with Crippen molar-refractivity contribution in [1.29, 1.82) is 0 Å². The average molecular weight is 897 g/mol. The molecule has 4 heterocycles. The Hall–Kier alpha value is -6.18. The highest BCUT2D eigenvalue weighted by Crippen LogP contribution is 2.55. The van der Waals surface area contributed by atoms with Gasteiger partial charge in [-0.3, -0.25) is 9.59 Å². The lowest BCUT2D eigenvalue weighted by Gasteiger charge is -2.30. The number of alkyl carbamates (subject to hydrolysis) is 2. The Morgan fingerprint density at radius 3 is 2.00 bits per heavy atom. The molecular formula is C52H64N8O6. The van der Waals surface area contributed by atoms with Gasteiger partial charge >= 0.3 is 12.2 Å². The van der Waals surface area contributed by atoms with Crippen molar-refractivity contribution >= 4 is 35.0 Å². The van der Waals surface area contributed by atoms with Crippen LogP contribution in [0.2, 0.25) is 0 Å². The third-order valence-corrected chi connectivity index (χ3v) is 15.2. The zero-order valence-corrected chi connectivity index (χ0v) is 39.2. The molecule has 4 N–H and O–H groups in total. The number of likely N-dealkylation sites (tertiary alicyclic amines) is 2. The molecule has 5 atom stereocenters. The zero-order valence-electron chi connectivity index (χ0n) is 39.2. The van der Waals surface area contributed by atoms with Crippen LogP contribution in [0.1, 0.15) is 127 Å². The second-order valence-electron chi connectivity index (χ2n) is 19.4. The van der Waals surface area contributed by atoms with E-state index in [0.29, 0.717) is 13.1 Å². The number of fused-ring (bicyclic) bond motifs is 3. The summed E-state index contributed by atoms with van der Waals surface area (Å²) in [5.41, 5.74) is 11.8. The van der Waals surface area contributed by atoms with Gasteiger partial charge in [0.1, 0.15) is 23.7 Å². The third kappa shape index (κ3) is 8.32. The molecule has 1 saturated carbocycles. The Morgan fingerprint density at radius 1 is 0.742 bits per heavy atom. The van der Waals surface area contributed by atoms with Crippen LogP contribution in [0, 0.1) is 11.8 Å². The summed E-state index contributed by atoms with van der Waals surface area (Å²) in [6.45, 7) is 9.05. The summed E-state index contributed by atoms with van der Waals surface area (Å²) in [5.74, 6) is 1.13. The van der Waals surface area contributed by atoms with E-state index in [4.69, 9.17) is 19.4 Å². The summed E-state index contributed by atoms with van der Waals surface area (Å²) in [4.78, 5) is 72.7. The molecule has 3 fully saturated rings. The maximum atomic E-state index is 14.0. The van der Waals surface area contributed by atoms with E-state index in [1.165, 1.54) is 67.7 Å². The molecule has 2 aromatic heterocycles. The maximum absolute atomic E-state index is 14.0. The molecule has 0 radical (unpaired) electrons. The number of amides is 4. The summed E-state index contributed by atoms with van der Waals surface area (Å²) in [6.07, 6.45) is 11.8. The Morgan fingerprint density at radius 2 is 1.35 bits per heavy atom. The molecule has 1 spiro atoms. The van der Waals surface area contributed by atoms with Crippen molar-refractivity contribution in [2.45, 2.75) is 128 Å². The van der Waals surface area contributed by atoms with E-state index in [0.717, 1.165) is 84.4 Å². The number of carbonyl (C=O) groups is 4. The lowest BCUT2D eigenvalue weighted by molar-refractivity contribution is -0.136. The van der Waals surface area contributed by atoms with Crippen molar-refractivity contribution < 1.29 is 28.7 Å². The molecule has 4 aliphatic rings. The molecule has 4 amide bonds. The van der Waals surface area contributed by atoms with Crippen LogP contribution in [0.5, 0.6) is 0 Å². The molecule has 66 heavy (non-hydrogen) atoms. The average Bonchev–Trinajstić information content (AvgIpc) is 4.21. The van der Waals surface area contributed by atoms with Gasteiger partial charge < -0.3 is 39.9 Å². The van der Waals surface area contributed by atoms with Gasteiger partial charge in [0.2, 0.25) is 11.8 Å². The molecule has 2 saturated heterocycles. The lowest BCUT2D eigenvalue weighted by atomic mass is 9.76. The number of imidazole rings is 2. The SMILES string of the molecule is CCC(C)C(NC(=O)OC)C(=O)N1CCCC1c1nc2ccc(-c3ccc(-c4ccc(-c5cnc(C6CCCN6C(=O)C(NC(=O)OC)C(C)C)[nH]5)cc4)c4c3CCC43CCCC3)cc2[nH]1. The molecule has 5 unspecified atom stereocenters. The first-order chi connectivity index (χ1) is 31.9. The van der Waals surface area contributed by atoms with E-state index < -0.39 is 24.3 Å². The fraction of sp³-hybridized carbons (Fsp3) is 0.500. The van der Waals surface area contributed by atoms with E-state index in [9.17, 15) is 19.2 Å². The largest absolute Gasteiger partial charge is 0.453 e. The van der Waals surface area contributed by atoms with Gasteiger partial charge in [0.05, 0.1) is 49.2 Å². The van der Waals surface area contributed by atoms with Crippen molar-refractivity contribution in [3.8, 4) is 33.5 Å². The molecule has 5 aromatic rings. The van der Waals surface area contributed by atoms with Crippen LogP contribution in [0.4, 0.5) is 9.59 Å². The smallest absolute Gasteiger partial charge is 0.407 e. The minimum atomic E-state index is -0.686. The van der Waals surface area contributed by atoms with Crippen LogP contribution in [-0.4, -0.2) is 93.1 Å². The molecule has 348 valence electrons. The zero-order chi connectivity index (χ0) is 46.3. The van der Waals surface area contributed by atoms with E-state index >= 15 is 0 Å². The van der Waals surface area contributed by atoms with E-state index in [1.807, 2.05) is 43.7 Å². The monoisotopic (exact) mass is 896 g/mol. The van der Waals surface area contributed by atoms with Gasteiger partial charge in [-0.05, 0) is 120 Å². The van der Waals surface area contributed by atoms with Gasteiger partial charge in [0.15, 0.2) is 0 Å². The minimum absolute atomic E-state index is 0.0546. The first-order valence-corrected chi connectivity index (χ1v) is 24.1. The molecule has 14 heteroatoms. The number of nitrogens with one attached hydrogen (secondary N) is 4. The Bertz CT molecular complexity index is 2610. The van der Waals surface area contributed by atoms with E-state index in [2.05, 4.69) is 75.2 Å². The van der Waals surface area contributed by atoms with Crippen LogP contribution >= 0.6 is 0 Å². The Balaban J connectivity index is 0.972. The maximum Gasteiger partial charge on any atom is 0.407 e. The normalized spacial score (nSPS) is 20.2. The molecule has 2 aliphatic carbocycles. The highest BCUT2D eigenvalue weighted by Gasteiger charge is 2.44. The van der Waals surface area contributed by atoms with Gasteiger partial charge in [0.25, 0.3) is 0 Å². The van der Waals surface area contributed by atoms with Crippen LogP contribution in [-0.2, 0) is 30.9 Å². The first kappa shape index (κ1) is 45.0. The van der Waals surface area contributed by atoms with Gasteiger partial charge in [-0.25, -0.2) is 19.6 Å². The minimum Gasteiger partial charge on any atom is -0.453 e. The highest BCUT2D eigenvalue weighted by molar-refractivity contribution is 5.89. The third-order valence-electron chi connectivity index (χ3n) is 15.2. The summed E-state index contributed by atoms with van der Waals surface area (Å²) < 4.78 is 9.68. The number of H-pyrrole nitrogens is 2. The number of hydrogen-bond donors (Lipinski definition) is 4. The van der Waals surface area contributed by atoms with Crippen molar-refractivity contribution in [3.05, 3.63) is 83.6 Å². The second kappa shape index (κ2) is 18.6. The first-order valence-electron chi connectivity index (χ1n) is 24.1. The number of benzene rings is 3. The quantitative estimate of drug-likeness (QED) is 0.0958. The number of aromatic nitrogens is 4. The number of methoxy groups -OCH3 is 2. The molecule has 9 rings (SSSR count). The van der Waals surface area contributed by atoms with Gasteiger partial charge in [-0.1, -0.05) is 89.4 Å².